The summed E-state index contributed by atoms with van der Waals surface area (Å²) < 4.78 is 49.7. The van der Waals surface area contributed by atoms with Crippen molar-refractivity contribution in [3.8, 4) is 0 Å². The third-order valence-corrected chi connectivity index (χ3v) is 4.52. The number of hydrazine groups is 1. The van der Waals surface area contributed by atoms with Gasteiger partial charge in [-0.2, -0.15) is 13.2 Å². The first-order chi connectivity index (χ1) is 13.6. The van der Waals surface area contributed by atoms with Crippen molar-refractivity contribution in [2.45, 2.75) is 13.1 Å². The SMILES string of the molecule is Cc1cc(=O)oc2cc(N(N)c3ccc4c(C(F)(F)F)cc(=O)oc4c3)ccc12. The van der Waals surface area contributed by atoms with Crippen LogP contribution in [0.15, 0.2) is 67.0 Å². The van der Waals surface area contributed by atoms with Crippen LogP contribution in [0.25, 0.3) is 21.9 Å². The largest absolute Gasteiger partial charge is 0.423 e. The molecule has 0 atom stereocenters. The van der Waals surface area contributed by atoms with E-state index in [-0.39, 0.29) is 16.7 Å². The van der Waals surface area contributed by atoms with Crippen molar-refractivity contribution in [3.63, 3.8) is 0 Å². The third kappa shape index (κ3) is 3.36. The van der Waals surface area contributed by atoms with Crippen molar-refractivity contribution >= 4 is 33.3 Å². The molecule has 0 unspecified atom stereocenters. The molecule has 29 heavy (non-hydrogen) atoms. The van der Waals surface area contributed by atoms with Gasteiger partial charge in [0.1, 0.15) is 11.2 Å². The van der Waals surface area contributed by atoms with E-state index in [4.69, 9.17) is 14.7 Å². The zero-order valence-electron chi connectivity index (χ0n) is 14.9. The molecular formula is C20H13F3N2O4. The molecule has 0 fully saturated rings. The third-order valence-electron chi connectivity index (χ3n) is 4.52. The number of benzene rings is 2. The van der Waals surface area contributed by atoms with E-state index in [1.807, 2.05) is 0 Å². The van der Waals surface area contributed by atoms with Crippen molar-refractivity contribution in [2.24, 2.45) is 5.84 Å². The van der Waals surface area contributed by atoms with Crippen molar-refractivity contribution in [1.82, 2.24) is 0 Å². The minimum atomic E-state index is -4.70. The van der Waals surface area contributed by atoms with Gasteiger partial charge in [0.05, 0.1) is 16.9 Å². The Morgan fingerprint density at radius 2 is 1.34 bits per heavy atom. The summed E-state index contributed by atoms with van der Waals surface area (Å²) in [5, 5.41) is 1.65. The Kier molecular flexibility index (Phi) is 4.20. The minimum absolute atomic E-state index is 0.249. The van der Waals surface area contributed by atoms with Gasteiger partial charge in [-0.1, -0.05) is 0 Å². The monoisotopic (exact) mass is 402 g/mol. The molecule has 2 aromatic carbocycles. The Hall–Kier alpha value is -3.59. The van der Waals surface area contributed by atoms with Crippen LogP contribution in [-0.2, 0) is 6.18 Å². The first-order valence-corrected chi connectivity index (χ1v) is 8.38. The number of hydrogen-bond acceptors (Lipinski definition) is 6. The van der Waals surface area contributed by atoms with Crippen LogP contribution in [0.2, 0.25) is 0 Å². The number of fused-ring (bicyclic) bond motifs is 2. The molecule has 0 amide bonds. The molecule has 0 spiro atoms. The number of halogens is 3. The van der Waals surface area contributed by atoms with E-state index in [1.54, 1.807) is 19.1 Å². The molecule has 148 valence electrons. The predicted molar refractivity (Wildman–Crippen MR) is 101 cm³/mol. The van der Waals surface area contributed by atoms with Gasteiger partial charge < -0.3 is 8.83 Å². The molecule has 2 aromatic heterocycles. The molecular weight excluding hydrogens is 389 g/mol. The summed E-state index contributed by atoms with van der Waals surface area (Å²) in [4.78, 5) is 23.2. The van der Waals surface area contributed by atoms with Crippen LogP contribution in [0.3, 0.4) is 0 Å². The first-order valence-electron chi connectivity index (χ1n) is 8.38. The van der Waals surface area contributed by atoms with Crippen molar-refractivity contribution in [1.29, 1.82) is 0 Å². The fraction of sp³-hybridized carbons (Fsp3) is 0.100. The van der Waals surface area contributed by atoms with Crippen LogP contribution in [0, 0.1) is 6.92 Å². The first kappa shape index (κ1) is 18.8. The summed E-state index contributed by atoms with van der Waals surface area (Å²) in [5.74, 6) is 6.11. The molecule has 2 N–H and O–H groups in total. The Balaban J connectivity index is 1.83. The van der Waals surface area contributed by atoms with Gasteiger partial charge in [-0.05, 0) is 36.8 Å². The second kappa shape index (κ2) is 6.49. The quantitative estimate of drug-likeness (QED) is 0.307. The fourth-order valence-corrected chi connectivity index (χ4v) is 3.15. The Bertz CT molecular complexity index is 1370. The molecule has 0 radical (unpaired) electrons. The Morgan fingerprint density at radius 3 is 1.93 bits per heavy atom. The van der Waals surface area contributed by atoms with Crippen molar-refractivity contribution in [3.05, 3.63) is 80.5 Å². The number of nitrogens with zero attached hydrogens (tertiary/aromatic N) is 1. The second-order valence-corrected chi connectivity index (χ2v) is 6.46. The summed E-state index contributed by atoms with van der Waals surface area (Å²) in [7, 11) is 0. The fourth-order valence-electron chi connectivity index (χ4n) is 3.15. The highest BCUT2D eigenvalue weighted by atomic mass is 19.4. The highest BCUT2D eigenvalue weighted by Gasteiger charge is 2.33. The maximum absolute atomic E-state index is 13.2. The standard InChI is InChI=1S/C20H13F3N2O4/c1-10-6-18(26)28-16-7-11(2-4-13(10)16)25(24)12-3-5-14-15(20(21,22)23)9-19(27)29-17(14)8-12/h2-9H,24H2,1H3. The van der Waals surface area contributed by atoms with E-state index in [2.05, 4.69) is 0 Å². The topological polar surface area (TPSA) is 89.7 Å². The van der Waals surface area contributed by atoms with Gasteiger partial charge in [0.15, 0.2) is 0 Å². The minimum Gasteiger partial charge on any atom is -0.423 e. The maximum Gasteiger partial charge on any atom is 0.417 e. The average Bonchev–Trinajstić information content (AvgIpc) is 2.64. The van der Waals surface area contributed by atoms with Gasteiger partial charge in [-0.15, -0.1) is 0 Å². The van der Waals surface area contributed by atoms with E-state index in [1.165, 1.54) is 35.3 Å². The summed E-state index contributed by atoms with van der Waals surface area (Å²) >= 11 is 0. The van der Waals surface area contributed by atoms with Crippen LogP contribution in [-0.4, -0.2) is 0 Å². The lowest BCUT2D eigenvalue weighted by molar-refractivity contribution is -0.136. The van der Waals surface area contributed by atoms with E-state index in [0.717, 1.165) is 10.9 Å². The second-order valence-electron chi connectivity index (χ2n) is 6.46. The Morgan fingerprint density at radius 1 is 0.828 bits per heavy atom. The molecule has 4 rings (SSSR count). The summed E-state index contributed by atoms with van der Waals surface area (Å²) in [5.41, 5.74) is -1.22. The summed E-state index contributed by atoms with van der Waals surface area (Å²) in [6, 6.07) is 10.5. The molecule has 4 aromatic rings. The lowest BCUT2D eigenvalue weighted by Gasteiger charge is -2.20. The van der Waals surface area contributed by atoms with E-state index in [9.17, 15) is 22.8 Å². The number of aryl methyl sites for hydroxylation is 1. The van der Waals surface area contributed by atoms with E-state index >= 15 is 0 Å². The van der Waals surface area contributed by atoms with Gasteiger partial charge in [-0.3, -0.25) is 5.01 Å². The molecule has 6 nitrogen and oxygen atoms in total. The number of alkyl halides is 3. The van der Waals surface area contributed by atoms with Gasteiger partial charge in [0, 0.05) is 35.0 Å². The lowest BCUT2D eigenvalue weighted by atomic mass is 10.1. The molecule has 0 bridgehead atoms. The zero-order valence-corrected chi connectivity index (χ0v) is 14.9. The van der Waals surface area contributed by atoms with Crippen LogP contribution in [0.1, 0.15) is 11.1 Å². The molecule has 0 saturated heterocycles. The molecule has 9 heteroatoms. The van der Waals surface area contributed by atoms with Crippen molar-refractivity contribution < 1.29 is 22.0 Å². The molecule has 0 aliphatic carbocycles. The van der Waals surface area contributed by atoms with Gasteiger partial charge in [0.25, 0.3) is 0 Å². The number of anilines is 2. The van der Waals surface area contributed by atoms with Crippen LogP contribution < -0.4 is 22.1 Å². The highest BCUT2D eigenvalue weighted by Crippen LogP contribution is 2.35. The maximum atomic E-state index is 13.2. The molecule has 0 aliphatic rings. The molecule has 2 heterocycles. The highest BCUT2D eigenvalue weighted by molar-refractivity contribution is 5.87. The average molecular weight is 402 g/mol. The van der Waals surface area contributed by atoms with Gasteiger partial charge >= 0.3 is 17.4 Å². The van der Waals surface area contributed by atoms with E-state index in [0.29, 0.717) is 17.3 Å². The van der Waals surface area contributed by atoms with Crippen LogP contribution in [0.4, 0.5) is 24.5 Å². The smallest absolute Gasteiger partial charge is 0.417 e. The van der Waals surface area contributed by atoms with Gasteiger partial charge in [0.2, 0.25) is 0 Å². The van der Waals surface area contributed by atoms with Crippen LogP contribution >= 0.6 is 0 Å². The zero-order chi connectivity index (χ0) is 20.9. The molecule has 0 aliphatic heterocycles. The van der Waals surface area contributed by atoms with Crippen LogP contribution in [0.5, 0.6) is 0 Å². The predicted octanol–water partition coefficient (Wildman–Crippen LogP) is 4.24. The van der Waals surface area contributed by atoms with Gasteiger partial charge in [-0.25, -0.2) is 15.4 Å². The molecule has 0 saturated carbocycles. The summed E-state index contributed by atoms with van der Waals surface area (Å²) in [6.45, 7) is 1.77. The lowest BCUT2D eigenvalue weighted by Crippen LogP contribution is -2.25. The number of rotatable bonds is 2. The van der Waals surface area contributed by atoms with E-state index < -0.39 is 23.0 Å². The van der Waals surface area contributed by atoms with Crippen molar-refractivity contribution in [2.75, 3.05) is 5.01 Å². The number of hydrogen-bond donors (Lipinski definition) is 1. The normalized spacial score (nSPS) is 11.9. The Labute approximate surface area is 160 Å². The summed E-state index contributed by atoms with van der Waals surface area (Å²) in [6.07, 6.45) is -4.70. The number of nitrogens with two attached hydrogens (primary N) is 1.